The molecule has 1 aromatic heterocycles. The third kappa shape index (κ3) is 4.57. The van der Waals surface area contributed by atoms with E-state index in [1.54, 1.807) is 6.20 Å². The molecular formula is C24H26N4O. The maximum absolute atomic E-state index is 12.7. The van der Waals surface area contributed by atoms with Gasteiger partial charge in [-0.1, -0.05) is 18.2 Å². The van der Waals surface area contributed by atoms with Crippen molar-refractivity contribution in [2.75, 3.05) is 35.3 Å². The Labute approximate surface area is 172 Å². The van der Waals surface area contributed by atoms with Gasteiger partial charge in [0.1, 0.15) is 5.69 Å². The molecule has 1 amide bonds. The number of carbonyl (C=O) groups is 1. The van der Waals surface area contributed by atoms with Crippen LogP contribution in [0.3, 0.4) is 0 Å². The second-order valence-corrected chi connectivity index (χ2v) is 7.34. The molecule has 0 bridgehead atoms. The molecule has 1 aliphatic heterocycles. The van der Waals surface area contributed by atoms with Crippen LogP contribution in [0.25, 0.3) is 0 Å². The molecular weight excluding hydrogens is 360 g/mol. The monoisotopic (exact) mass is 386 g/mol. The van der Waals surface area contributed by atoms with Gasteiger partial charge in [-0.05, 0) is 67.8 Å². The molecule has 1 saturated heterocycles. The topological polar surface area (TPSA) is 48.5 Å². The number of piperidine rings is 1. The van der Waals surface area contributed by atoms with E-state index in [2.05, 4.69) is 27.3 Å². The van der Waals surface area contributed by atoms with Crippen molar-refractivity contribution in [2.24, 2.45) is 0 Å². The summed E-state index contributed by atoms with van der Waals surface area (Å²) >= 11 is 0. The molecule has 0 radical (unpaired) electrons. The molecule has 2 heterocycles. The van der Waals surface area contributed by atoms with Crippen LogP contribution in [-0.2, 0) is 0 Å². The van der Waals surface area contributed by atoms with E-state index < -0.39 is 0 Å². The summed E-state index contributed by atoms with van der Waals surface area (Å²) in [6.45, 7) is 2.22. The second-order valence-electron chi connectivity index (χ2n) is 7.34. The molecule has 4 rings (SSSR count). The fourth-order valence-corrected chi connectivity index (χ4v) is 3.66. The van der Waals surface area contributed by atoms with Gasteiger partial charge in [0.05, 0.1) is 0 Å². The average Bonchev–Trinajstić information content (AvgIpc) is 2.80. The molecule has 0 spiro atoms. The van der Waals surface area contributed by atoms with E-state index in [1.807, 2.05) is 66.5 Å². The van der Waals surface area contributed by atoms with E-state index in [0.29, 0.717) is 5.69 Å². The summed E-state index contributed by atoms with van der Waals surface area (Å²) in [5, 5.41) is 2.96. The first-order valence-corrected chi connectivity index (χ1v) is 10.1. The Kier molecular flexibility index (Phi) is 5.75. The van der Waals surface area contributed by atoms with Crippen LogP contribution in [0.2, 0.25) is 0 Å². The highest BCUT2D eigenvalue weighted by Crippen LogP contribution is 2.24. The van der Waals surface area contributed by atoms with Crippen LogP contribution in [-0.4, -0.2) is 31.0 Å². The third-order valence-electron chi connectivity index (χ3n) is 5.35. The van der Waals surface area contributed by atoms with E-state index in [9.17, 15) is 4.79 Å². The first-order chi connectivity index (χ1) is 14.2. The molecule has 0 unspecified atom stereocenters. The second kappa shape index (κ2) is 8.78. The Morgan fingerprint density at radius 3 is 2.38 bits per heavy atom. The zero-order valence-electron chi connectivity index (χ0n) is 16.7. The minimum absolute atomic E-state index is 0.209. The maximum Gasteiger partial charge on any atom is 0.274 e. The van der Waals surface area contributed by atoms with Crippen LogP contribution in [0, 0.1) is 0 Å². The van der Waals surface area contributed by atoms with Gasteiger partial charge in [-0.3, -0.25) is 9.78 Å². The average molecular weight is 386 g/mol. The van der Waals surface area contributed by atoms with Crippen molar-refractivity contribution in [1.29, 1.82) is 0 Å². The molecule has 1 N–H and O–H groups in total. The summed E-state index contributed by atoms with van der Waals surface area (Å²) in [5.41, 5.74) is 4.35. The molecule has 1 fully saturated rings. The van der Waals surface area contributed by atoms with Crippen LogP contribution in [0.15, 0.2) is 72.9 Å². The molecule has 29 heavy (non-hydrogen) atoms. The zero-order chi connectivity index (χ0) is 20.1. The molecule has 0 aliphatic carbocycles. The number of aromatic nitrogens is 1. The van der Waals surface area contributed by atoms with Crippen molar-refractivity contribution < 1.29 is 4.79 Å². The van der Waals surface area contributed by atoms with E-state index in [-0.39, 0.29) is 5.91 Å². The third-order valence-corrected chi connectivity index (χ3v) is 5.35. The van der Waals surface area contributed by atoms with Crippen molar-refractivity contribution in [1.82, 2.24) is 4.98 Å². The highest BCUT2D eigenvalue weighted by Gasteiger charge is 2.13. The van der Waals surface area contributed by atoms with Crippen LogP contribution < -0.4 is 15.1 Å². The highest BCUT2D eigenvalue weighted by molar-refractivity contribution is 6.03. The normalized spacial score (nSPS) is 13.8. The van der Waals surface area contributed by atoms with E-state index in [0.717, 1.165) is 30.2 Å². The molecule has 5 heteroatoms. The number of nitrogens with one attached hydrogen (secondary N) is 1. The number of para-hydroxylation sites is 1. The summed E-state index contributed by atoms with van der Waals surface area (Å²) < 4.78 is 0. The highest BCUT2D eigenvalue weighted by atomic mass is 16.1. The largest absolute Gasteiger partial charge is 0.372 e. The standard InChI is InChI=1S/C24H26N4O/c1-27(20-8-4-2-5-9-20)22-14-15-25-23(18-22)24(29)26-19-10-12-21(13-11-19)28-16-6-3-7-17-28/h2,4-5,8-15,18H,3,6-7,16-17H2,1H3,(H,26,29). The van der Waals surface area contributed by atoms with Crippen LogP contribution in [0.4, 0.5) is 22.7 Å². The van der Waals surface area contributed by atoms with Gasteiger partial charge in [-0.25, -0.2) is 0 Å². The number of hydrogen-bond acceptors (Lipinski definition) is 4. The van der Waals surface area contributed by atoms with Gasteiger partial charge in [0.15, 0.2) is 0 Å². The number of hydrogen-bond donors (Lipinski definition) is 1. The Balaban J connectivity index is 1.44. The van der Waals surface area contributed by atoms with Crippen molar-refractivity contribution >= 4 is 28.7 Å². The number of amides is 1. The number of carbonyl (C=O) groups excluding carboxylic acids is 1. The number of anilines is 4. The van der Waals surface area contributed by atoms with E-state index in [4.69, 9.17) is 0 Å². The number of nitrogens with zero attached hydrogens (tertiary/aromatic N) is 3. The van der Waals surface area contributed by atoms with E-state index >= 15 is 0 Å². The fourth-order valence-electron chi connectivity index (χ4n) is 3.66. The predicted molar refractivity (Wildman–Crippen MR) is 119 cm³/mol. The number of pyridine rings is 1. The predicted octanol–water partition coefficient (Wildman–Crippen LogP) is 5.09. The SMILES string of the molecule is CN(c1ccccc1)c1ccnc(C(=O)Nc2ccc(N3CCCCC3)cc2)c1. The van der Waals surface area contributed by atoms with Crippen molar-refractivity contribution in [2.45, 2.75) is 19.3 Å². The number of rotatable bonds is 5. The lowest BCUT2D eigenvalue weighted by atomic mass is 10.1. The first kappa shape index (κ1) is 19.0. The molecule has 0 saturated carbocycles. The van der Waals surface area contributed by atoms with Crippen molar-refractivity contribution in [3.8, 4) is 0 Å². The maximum atomic E-state index is 12.7. The number of benzene rings is 2. The molecule has 3 aromatic rings. The lowest BCUT2D eigenvalue weighted by Crippen LogP contribution is -2.29. The Hall–Kier alpha value is -3.34. The van der Waals surface area contributed by atoms with Crippen LogP contribution in [0.1, 0.15) is 29.8 Å². The van der Waals surface area contributed by atoms with Gasteiger partial charge in [0.25, 0.3) is 5.91 Å². The van der Waals surface area contributed by atoms with Gasteiger partial charge in [0, 0.05) is 49.1 Å². The Bertz CT molecular complexity index is 950. The summed E-state index contributed by atoms with van der Waals surface area (Å²) in [4.78, 5) is 21.4. The Morgan fingerprint density at radius 1 is 0.931 bits per heavy atom. The zero-order valence-corrected chi connectivity index (χ0v) is 16.7. The quantitative estimate of drug-likeness (QED) is 0.663. The van der Waals surface area contributed by atoms with Crippen molar-refractivity contribution in [3.05, 3.63) is 78.6 Å². The van der Waals surface area contributed by atoms with Crippen LogP contribution >= 0.6 is 0 Å². The van der Waals surface area contributed by atoms with Crippen molar-refractivity contribution in [3.63, 3.8) is 0 Å². The molecule has 5 nitrogen and oxygen atoms in total. The van der Waals surface area contributed by atoms with Crippen LogP contribution in [0.5, 0.6) is 0 Å². The lowest BCUT2D eigenvalue weighted by molar-refractivity contribution is 0.102. The van der Waals surface area contributed by atoms with E-state index in [1.165, 1.54) is 24.9 Å². The van der Waals surface area contributed by atoms with Gasteiger partial charge >= 0.3 is 0 Å². The molecule has 1 aliphatic rings. The summed E-state index contributed by atoms with van der Waals surface area (Å²) in [6.07, 6.45) is 5.48. The van der Waals surface area contributed by atoms with Gasteiger partial charge in [-0.2, -0.15) is 0 Å². The minimum Gasteiger partial charge on any atom is -0.372 e. The van der Waals surface area contributed by atoms with Gasteiger partial charge in [0.2, 0.25) is 0 Å². The molecule has 2 aromatic carbocycles. The molecule has 148 valence electrons. The summed E-state index contributed by atoms with van der Waals surface area (Å²) in [6, 6.07) is 21.8. The summed E-state index contributed by atoms with van der Waals surface area (Å²) in [5.74, 6) is -0.209. The molecule has 0 atom stereocenters. The smallest absolute Gasteiger partial charge is 0.274 e. The lowest BCUT2D eigenvalue weighted by Gasteiger charge is -2.28. The Morgan fingerprint density at radius 2 is 1.66 bits per heavy atom. The first-order valence-electron chi connectivity index (χ1n) is 10.1. The fraction of sp³-hybridized carbons (Fsp3) is 0.250. The van der Waals surface area contributed by atoms with Gasteiger partial charge < -0.3 is 15.1 Å². The minimum atomic E-state index is -0.209. The van der Waals surface area contributed by atoms with Gasteiger partial charge in [-0.15, -0.1) is 0 Å². The summed E-state index contributed by atoms with van der Waals surface area (Å²) in [7, 11) is 1.98.